The third-order valence-electron chi connectivity index (χ3n) is 5.90. The summed E-state index contributed by atoms with van der Waals surface area (Å²) in [6.07, 6.45) is 0. The van der Waals surface area contributed by atoms with Crippen LogP contribution in [-0.4, -0.2) is 52.7 Å². The molecule has 140 valence electrons. The van der Waals surface area contributed by atoms with Crippen molar-refractivity contribution >= 4 is 22.1 Å². The Balaban J connectivity index is 1.76. The maximum Gasteiger partial charge on any atom is 0.297 e. The van der Waals surface area contributed by atoms with E-state index >= 15 is 0 Å². The fraction of sp³-hybridized carbons (Fsp3) is 0.400. The number of hydrogen-bond acceptors (Lipinski definition) is 5. The van der Waals surface area contributed by atoms with Crippen LogP contribution >= 0.6 is 0 Å². The number of furan rings is 1. The van der Waals surface area contributed by atoms with Crippen molar-refractivity contribution in [3.8, 4) is 0 Å². The molecular weight excluding hydrogens is 347 g/mol. The van der Waals surface area contributed by atoms with Gasteiger partial charge in [-0.2, -0.15) is 0 Å². The summed E-state index contributed by atoms with van der Waals surface area (Å²) in [6, 6.07) is 7.46. The summed E-state index contributed by atoms with van der Waals surface area (Å²) >= 11 is 0. The first kappa shape index (κ1) is 16.5. The van der Waals surface area contributed by atoms with E-state index in [-0.39, 0.29) is 23.1 Å². The summed E-state index contributed by atoms with van der Waals surface area (Å²) in [4.78, 5) is 22.3. The molecule has 0 spiro atoms. The molecule has 0 N–H and O–H groups in total. The molecule has 2 aliphatic rings. The Labute approximate surface area is 155 Å². The van der Waals surface area contributed by atoms with Gasteiger partial charge in [-0.15, -0.1) is 0 Å². The molecule has 2 aromatic heterocycles. The lowest BCUT2D eigenvalue weighted by molar-refractivity contribution is 0.276. The molecule has 0 amide bonds. The van der Waals surface area contributed by atoms with Crippen LogP contribution in [0.2, 0.25) is 0 Å². The minimum absolute atomic E-state index is 0.0594. The Morgan fingerprint density at radius 2 is 2.15 bits per heavy atom. The number of fused-ring (bicyclic) bond motifs is 6. The minimum Gasteiger partial charge on any atom is -0.448 e. The molecule has 1 aromatic carbocycles. The van der Waals surface area contributed by atoms with Gasteiger partial charge >= 0.3 is 0 Å². The Morgan fingerprint density at radius 1 is 1.33 bits per heavy atom. The molecule has 7 heteroatoms. The lowest BCUT2D eigenvalue weighted by atomic mass is 10.00. The van der Waals surface area contributed by atoms with Gasteiger partial charge in [0.25, 0.3) is 5.56 Å². The van der Waals surface area contributed by atoms with E-state index in [0.717, 1.165) is 11.1 Å². The van der Waals surface area contributed by atoms with Crippen LogP contribution in [0.25, 0.3) is 22.1 Å². The normalized spacial score (nSPS) is 23.0. The standard InChI is InChI=1S/C20H21FN4O2/c1-12-14-9-24(8-7-21)10-15(14)25-17(11-23(12)2)22-18-13-5-3-4-6-16(13)27-19(18)20(25)26/h3-6,14-15H,1,7-11H2,2H3/t14-,15+/m0/s1. The number of hydrogen-bond donors (Lipinski definition) is 0. The topological polar surface area (TPSA) is 54.5 Å². The zero-order valence-corrected chi connectivity index (χ0v) is 15.2. The zero-order chi connectivity index (χ0) is 18.7. The smallest absolute Gasteiger partial charge is 0.297 e. The lowest BCUT2D eigenvalue weighted by Gasteiger charge is -2.24. The van der Waals surface area contributed by atoms with Crippen molar-refractivity contribution in [1.82, 2.24) is 19.4 Å². The van der Waals surface area contributed by atoms with Crippen LogP contribution in [-0.2, 0) is 6.54 Å². The van der Waals surface area contributed by atoms with E-state index in [1.807, 2.05) is 31.3 Å². The van der Waals surface area contributed by atoms with Crippen LogP contribution in [0.1, 0.15) is 11.9 Å². The first-order valence-corrected chi connectivity index (χ1v) is 9.19. The maximum atomic E-state index is 13.4. The van der Waals surface area contributed by atoms with Crippen molar-refractivity contribution in [2.24, 2.45) is 5.92 Å². The first-order chi connectivity index (χ1) is 13.1. The van der Waals surface area contributed by atoms with Crippen LogP contribution in [0, 0.1) is 5.92 Å². The maximum absolute atomic E-state index is 13.4. The number of halogens is 1. The third-order valence-corrected chi connectivity index (χ3v) is 5.90. The number of para-hydroxylation sites is 1. The van der Waals surface area contributed by atoms with Crippen LogP contribution in [0.5, 0.6) is 0 Å². The monoisotopic (exact) mass is 368 g/mol. The van der Waals surface area contributed by atoms with Crippen molar-refractivity contribution in [3.05, 3.63) is 52.7 Å². The van der Waals surface area contributed by atoms with Gasteiger partial charge in [-0.25, -0.2) is 9.37 Å². The predicted octanol–water partition coefficient (Wildman–Crippen LogP) is 2.54. The Morgan fingerprint density at radius 3 is 2.96 bits per heavy atom. The number of likely N-dealkylation sites (tertiary alicyclic amines) is 1. The van der Waals surface area contributed by atoms with E-state index < -0.39 is 6.67 Å². The number of aromatic nitrogens is 2. The molecule has 3 aromatic rings. The molecule has 0 unspecified atom stereocenters. The molecule has 0 saturated carbocycles. The summed E-state index contributed by atoms with van der Waals surface area (Å²) in [5.74, 6) is 0.765. The molecule has 2 atom stereocenters. The second kappa shape index (κ2) is 5.92. The van der Waals surface area contributed by atoms with Crippen molar-refractivity contribution in [2.45, 2.75) is 12.6 Å². The molecule has 5 rings (SSSR count). The lowest BCUT2D eigenvalue weighted by Crippen LogP contribution is -2.32. The third kappa shape index (κ3) is 2.34. The molecule has 0 bridgehead atoms. The molecular formula is C20H21FN4O2. The number of rotatable bonds is 2. The van der Waals surface area contributed by atoms with Gasteiger partial charge in [0.15, 0.2) is 0 Å². The molecule has 1 fully saturated rings. The average Bonchev–Trinajstić information content (AvgIpc) is 3.21. The Kier molecular flexibility index (Phi) is 3.62. The Hall–Kier alpha value is -2.67. The van der Waals surface area contributed by atoms with Gasteiger partial charge in [-0.3, -0.25) is 14.3 Å². The van der Waals surface area contributed by atoms with Gasteiger partial charge in [0.1, 0.15) is 23.6 Å². The number of nitrogens with zero attached hydrogens (tertiary/aromatic N) is 4. The highest BCUT2D eigenvalue weighted by molar-refractivity contribution is 6.01. The van der Waals surface area contributed by atoms with Crippen molar-refractivity contribution in [2.75, 3.05) is 33.4 Å². The molecule has 0 aliphatic carbocycles. The van der Waals surface area contributed by atoms with E-state index in [0.29, 0.717) is 43.1 Å². The SMILES string of the molecule is C=C1[C@@H]2CN(CCF)C[C@H]2n2c(nc3c(oc4ccccc43)c2=O)CN1C. The second-order valence-electron chi connectivity index (χ2n) is 7.45. The van der Waals surface area contributed by atoms with E-state index in [4.69, 9.17) is 9.40 Å². The minimum atomic E-state index is -0.398. The molecule has 1 saturated heterocycles. The predicted molar refractivity (Wildman–Crippen MR) is 101 cm³/mol. The summed E-state index contributed by atoms with van der Waals surface area (Å²) in [6.45, 7) is 6.04. The van der Waals surface area contributed by atoms with Gasteiger partial charge in [0.2, 0.25) is 5.58 Å². The van der Waals surface area contributed by atoms with E-state index in [2.05, 4.69) is 16.4 Å². The van der Waals surface area contributed by atoms with Crippen LogP contribution in [0.15, 0.2) is 45.8 Å². The summed E-state index contributed by atoms with van der Waals surface area (Å²) in [5.41, 5.74) is 2.37. The van der Waals surface area contributed by atoms with E-state index in [1.165, 1.54) is 0 Å². The van der Waals surface area contributed by atoms with Crippen molar-refractivity contribution in [3.63, 3.8) is 0 Å². The zero-order valence-electron chi connectivity index (χ0n) is 15.2. The summed E-state index contributed by atoms with van der Waals surface area (Å²) in [5, 5.41) is 0.848. The van der Waals surface area contributed by atoms with Gasteiger partial charge < -0.3 is 9.32 Å². The van der Waals surface area contributed by atoms with Crippen molar-refractivity contribution < 1.29 is 8.81 Å². The molecule has 0 radical (unpaired) electrons. The summed E-state index contributed by atoms with van der Waals surface area (Å²) in [7, 11) is 1.97. The molecule has 6 nitrogen and oxygen atoms in total. The van der Waals surface area contributed by atoms with Gasteiger partial charge in [0.05, 0.1) is 12.6 Å². The quantitative estimate of drug-likeness (QED) is 0.696. The highest BCUT2D eigenvalue weighted by atomic mass is 19.1. The van der Waals surface area contributed by atoms with E-state index in [9.17, 15) is 9.18 Å². The van der Waals surface area contributed by atoms with Gasteiger partial charge in [0, 0.05) is 43.7 Å². The van der Waals surface area contributed by atoms with Crippen molar-refractivity contribution in [1.29, 1.82) is 0 Å². The highest BCUT2D eigenvalue weighted by Crippen LogP contribution is 2.37. The average molecular weight is 368 g/mol. The number of alkyl halides is 1. The summed E-state index contributed by atoms with van der Waals surface area (Å²) < 4.78 is 20.5. The Bertz CT molecular complexity index is 1120. The van der Waals surface area contributed by atoms with E-state index in [1.54, 1.807) is 4.57 Å². The highest BCUT2D eigenvalue weighted by Gasteiger charge is 2.41. The van der Waals surface area contributed by atoms with Crippen LogP contribution < -0.4 is 5.56 Å². The largest absolute Gasteiger partial charge is 0.448 e. The van der Waals surface area contributed by atoms with Gasteiger partial charge in [-0.05, 0) is 12.1 Å². The molecule has 27 heavy (non-hydrogen) atoms. The fourth-order valence-electron chi connectivity index (χ4n) is 4.50. The molecule has 4 heterocycles. The fourth-order valence-corrected chi connectivity index (χ4v) is 4.50. The first-order valence-electron chi connectivity index (χ1n) is 9.19. The van der Waals surface area contributed by atoms with Gasteiger partial charge in [-0.1, -0.05) is 18.7 Å². The van der Waals surface area contributed by atoms with Crippen LogP contribution in [0.3, 0.4) is 0 Å². The molecule has 2 aliphatic heterocycles. The van der Waals surface area contributed by atoms with Crippen LogP contribution in [0.4, 0.5) is 4.39 Å². The number of benzene rings is 1. The second-order valence-corrected chi connectivity index (χ2v) is 7.45.